The number of halogens is 1. The molecule has 1 aromatic heterocycles. The van der Waals surface area contributed by atoms with E-state index in [9.17, 15) is 4.79 Å². The molecule has 0 radical (unpaired) electrons. The van der Waals surface area contributed by atoms with E-state index in [0.717, 1.165) is 23.3 Å². The van der Waals surface area contributed by atoms with Crippen LogP contribution in [0.2, 0.25) is 0 Å². The van der Waals surface area contributed by atoms with Gasteiger partial charge < -0.3 is 4.90 Å². The number of hydrogen-bond acceptors (Lipinski definition) is 3. The Kier molecular flexibility index (Phi) is 5.28. The van der Waals surface area contributed by atoms with Crippen LogP contribution in [0.25, 0.3) is 0 Å². The van der Waals surface area contributed by atoms with Crippen LogP contribution in [0.4, 0.5) is 5.82 Å². The van der Waals surface area contributed by atoms with E-state index < -0.39 is 0 Å². The van der Waals surface area contributed by atoms with Crippen molar-refractivity contribution in [2.24, 2.45) is 17.3 Å². The summed E-state index contributed by atoms with van der Waals surface area (Å²) >= 11 is 3.40. The van der Waals surface area contributed by atoms with Crippen molar-refractivity contribution in [3.8, 4) is 0 Å². The zero-order valence-electron chi connectivity index (χ0n) is 14.1. The van der Waals surface area contributed by atoms with Gasteiger partial charge in [0.05, 0.1) is 0 Å². The monoisotopic (exact) mass is 367 g/mol. The highest BCUT2D eigenvalue weighted by Gasteiger charge is 2.43. The molecule has 1 aliphatic rings. The fraction of sp³-hybridized carbons (Fsp3) is 0.647. The number of anilines is 1. The van der Waals surface area contributed by atoms with Gasteiger partial charge in [0.1, 0.15) is 5.82 Å². The fourth-order valence-corrected chi connectivity index (χ4v) is 3.23. The molecule has 1 aliphatic carbocycles. The molecule has 0 aliphatic heterocycles. The van der Waals surface area contributed by atoms with Crippen LogP contribution in [0.3, 0.4) is 0 Å². The number of carbonyl (C=O) groups excluding carboxylic acids is 1. The molecule has 22 heavy (non-hydrogen) atoms. The van der Waals surface area contributed by atoms with Gasteiger partial charge >= 0.3 is 0 Å². The third-order valence-electron chi connectivity index (χ3n) is 4.01. The van der Waals surface area contributed by atoms with Gasteiger partial charge in [0.2, 0.25) is 5.91 Å². The van der Waals surface area contributed by atoms with Crippen LogP contribution in [0, 0.1) is 17.3 Å². The molecule has 5 heteroatoms. The quantitative estimate of drug-likeness (QED) is 0.772. The van der Waals surface area contributed by atoms with Crippen molar-refractivity contribution in [1.29, 1.82) is 0 Å². The van der Waals surface area contributed by atoms with Gasteiger partial charge in [-0.05, 0) is 59.9 Å². The Bertz CT molecular complexity index is 527. The normalized spacial score (nSPS) is 21.0. The predicted molar refractivity (Wildman–Crippen MR) is 93.9 cm³/mol. The van der Waals surface area contributed by atoms with Gasteiger partial charge in [-0.25, -0.2) is 4.98 Å². The van der Waals surface area contributed by atoms with Gasteiger partial charge in [-0.1, -0.05) is 20.8 Å². The van der Waals surface area contributed by atoms with Crippen LogP contribution in [0.15, 0.2) is 22.8 Å². The van der Waals surface area contributed by atoms with E-state index in [1.54, 1.807) is 6.20 Å². The number of nitrogens with zero attached hydrogens (tertiary/aromatic N) is 3. The molecule has 2 atom stereocenters. The number of hydrogen-bond donors (Lipinski definition) is 0. The van der Waals surface area contributed by atoms with Gasteiger partial charge in [-0.15, -0.1) is 0 Å². The summed E-state index contributed by atoms with van der Waals surface area (Å²) in [6, 6.07) is 3.86. The summed E-state index contributed by atoms with van der Waals surface area (Å²) in [6.45, 7) is 8.14. The van der Waals surface area contributed by atoms with Crippen molar-refractivity contribution in [1.82, 2.24) is 9.88 Å². The Labute approximate surface area is 142 Å². The van der Waals surface area contributed by atoms with Crippen LogP contribution in [-0.2, 0) is 4.79 Å². The Hall–Kier alpha value is -0.940. The second-order valence-corrected chi connectivity index (χ2v) is 8.40. The first-order chi connectivity index (χ1) is 10.2. The molecular formula is C17H26BrN3O. The maximum atomic E-state index is 12.8. The number of pyridine rings is 1. The van der Waals surface area contributed by atoms with Crippen molar-refractivity contribution in [3.63, 3.8) is 0 Å². The lowest BCUT2D eigenvalue weighted by Gasteiger charge is -2.34. The summed E-state index contributed by atoms with van der Waals surface area (Å²) in [5, 5.41) is 0. The molecule has 1 heterocycles. The molecule has 1 fully saturated rings. The van der Waals surface area contributed by atoms with Crippen LogP contribution in [0.5, 0.6) is 0 Å². The first-order valence-electron chi connectivity index (χ1n) is 7.77. The van der Waals surface area contributed by atoms with E-state index >= 15 is 0 Å². The molecule has 2 unspecified atom stereocenters. The molecule has 0 spiro atoms. The van der Waals surface area contributed by atoms with Gasteiger partial charge in [0, 0.05) is 29.7 Å². The van der Waals surface area contributed by atoms with E-state index in [4.69, 9.17) is 0 Å². The molecule has 1 amide bonds. The molecule has 0 aromatic carbocycles. The van der Waals surface area contributed by atoms with E-state index in [2.05, 4.69) is 60.7 Å². The van der Waals surface area contributed by atoms with Crippen molar-refractivity contribution in [2.45, 2.75) is 27.2 Å². The Morgan fingerprint density at radius 2 is 2.00 bits per heavy atom. The maximum Gasteiger partial charge on any atom is 0.231 e. The summed E-state index contributed by atoms with van der Waals surface area (Å²) in [6.07, 6.45) is 2.75. The third kappa shape index (κ3) is 4.53. The lowest BCUT2D eigenvalue weighted by molar-refractivity contribution is -0.120. The SMILES string of the molecule is CC1CC1C(=O)N(CC(C)(C)CN(C)C)c1ccc(Br)cn1. The van der Waals surface area contributed by atoms with Crippen molar-refractivity contribution < 1.29 is 4.79 Å². The van der Waals surface area contributed by atoms with Gasteiger partial charge in [-0.2, -0.15) is 0 Å². The highest BCUT2D eigenvalue weighted by atomic mass is 79.9. The highest BCUT2D eigenvalue weighted by molar-refractivity contribution is 9.10. The average molecular weight is 368 g/mol. The van der Waals surface area contributed by atoms with Gasteiger partial charge in [-0.3, -0.25) is 9.69 Å². The van der Waals surface area contributed by atoms with E-state index in [1.807, 2.05) is 17.0 Å². The predicted octanol–water partition coefficient (Wildman–Crippen LogP) is 3.42. The van der Waals surface area contributed by atoms with E-state index in [0.29, 0.717) is 12.5 Å². The highest BCUT2D eigenvalue weighted by Crippen LogP contribution is 2.40. The van der Waals surface area contributed by atoms with Gasteiger partial charge in [0.15, 0.2) is 0 Å². The van der Waals surface area contributed by atoms with E-state index in [-0.39, 0.29) is 17.2 Å². The minimum absolute atomic E-state index is 0.00599. The second-order valence-electron chi connectivity index (χ2n) is 7.48. The summed E-state index contributed by atoms with van der Waals surface area (Å²) in [5.74, 6) is 1.64. The third-order valence-corrected chi connectivity index (χ3v) is 4.48. The molecular weight excluding hydrogens is 342 g/mol. The summed E-state index contributed by atoms with van der Waals surface area (Å²) in [4.78, 5) is 21.3. The molecule has 1 saturated carbocycles. The zero-order valence-corrected chi connectivity index (χ0v) is 15.7. The van der Waals surface area contributed by atoms with Crippen molar-refractivity contribution in [2.75, 3.05) is 32.1 Å². The second kappa shape index (κ2) is 6.67. The zero-order chi connectivity index (χ0) is 16.5. The first-order valence-corrected chi connectivity index (χ1v) is 8.56. The Morgan fingerprint density at radius 3 is 2.45 bits per heavy atom. The molecule has 122 valence electrons. The van der Waals surface area contributed by atoms with Crippen molar-refractivity contribution >= 4 is 27.7 Å². The largest absolute Gasteiger partial charge is 0.309 e. The van der Waals surface area contributed by atoms with Gasteiger partial charge in [0.25, 0.3) is 0 Å². The summed E-state index contributed by atoms with van der Waals surface area (Å²) in [7, 11) is 4.13. The smallest absolute Gasteiger partial charge is 0.231 e. The lowest BCUT2D eigenvalue weighted by Crippen LogP contribution is -2.44. The number of amides is 1. The topological polar surface area (TPSA) is 36.4 Å². The first kappa shape index (κ1) is 17.4. The van der Waals surface area contributed by atoms with Crippen LogP contribution < -0.4 is 4.90 Å². The lowest BCUT2D eigenvalue weighted by atomic mass is 9.92. The number of aromatic nitrogens is 1. The minimum atomic E-state index is 0.00599. The Balaban J connectivity index is 2.21. The summed E-state index contributed by atoms with van der Waals surface area (Å²) in [5.41, 5.74) is 0.00599. The van der Waals surface area contributed by atoms with Crippen LogP contribution >= 0.6 is 15.9 Å². The number of carbonyl (C=O) groups is 1. The molecule has 0 N–H and O–H groups in total. The van der Waals surface area contributed by atoms with Crippen molar-refractivity contribution in [3.05, 3.63) is 22.8 Å². The molecule has 2 rings (SSSR count). The van der Waals surface area contributed by atoms with Crippen LogP contribution in [-0.4, -0.2) is 43.0 Å². The summed E-state index contributed by atoms with van der Waals surface area (Å²) < 4.78 is 0.927. The maximum absolute atomic E-state index is 12.8. The molecule has 4 nitrogen and oxygen atoms in total. The molecule has 0 bridgehead atoms. The fourth-order valence-electron chi connectivity index (χ4n) is 3.00. The molecule has 0 saturated heterocycles. The average Bonchev–Trinajstić information content (AvgIpc) is 3.12. The molecule has 1 aromatic rings. The standard InChI is InChI=1S/C17H26BrN3O/c1-12-8-14(12)16(22)21(11-17(2,3)10-20(4)5)15-7-6-13(18)9-19-15/h6-7,9,12,14H,8,10-11H2,1-5H3. The minimum Gasteiger partial charge on any atom is -0.309 e. The van der Waals surface area contributed by atoms with Crippen LogP contribution in [0.1, 0.15) is 27.2 Å². The van der Waals surface area contributed by atoms with E-state index in [1.165, 1.54) is 0 Å². The Morgan fingerprint density at radius 1 is 1.36 bits per heavy atom. The number of rotatable bonds is 6.